The zero-order valence-corrected chi connectivity index (χ0v) is 16.4. The van der Waals surface area contributed by atoms with Gasteiger partial charge in [0.05, 0.1) is 13.0 Å². The number of aromatic amines is 1. The van der Waals surface area contributed by atoms with Crippen LogP contribution in [0.2, 0.25) is 0 Å². The molecule has 0 saturated carbocycles. The van der Waals surface area contributed by atoms with Gasteiger partial charge in [0.25, 0.3) is 0 Å². The molecule has 0 fully saturated rings. The predicted molar refractivity (Wildman–Crippen MR) is 107 cm³/mol. The van der Waals surface area contributed by atoms with Crippen LogP contribution < -0.4 is 10.1 Å². The molecule has 0 aliphatic carbocycles. The van der Waals surface area contributed by atoms with Crippen LogP contribution in [0.3, 0.4) is 0 Å². The SMILES string of the molecule is O=C(CCc1c[nH]c2cc(OCCCNc3ccccn3)ccc12)OC(=O)C(F)(F)F. The molecule has 2 heterocycles. The van der Waals surface area contributed by atoms with Crippen LogP contribution in [0.5, 0.6) is 5.75 Å². The Bertz CT molecular complexity index is 1040. The summed E-state index contributed by atoms with van der Waals surface area (Å²) in [5.74, 6) is -2.27. The lowest BCUT2D eigenvalue weighted by atomic mass is 10.1. The van der Waals surface area contributed by atoms with Crippen molar-refractivity contribution in [3.63, 3.8) is 0 Å². The molecular weight excluding hydrogens is 415 g/mol. The smallest absolute Gasteiger partial charge is 0.491 e. The maximum Gasteiger partial charge on any atom is 0.491 e. The number of esters is 2. The second-order valence-corrected chi connectivity index (χ2v) is 6.62. The molecule has 0 aliphatic rings. The number of aromatic nitrogens is 2. The summed E-state index contributed by atoms with van der Waals surface area (Å²) in [6, 6.07) is 11.0. The molecule has 0 bridgehead atoms. The number of benzene rings is 1. The van der Waals surface area contributed by atoms with Crippen molar-refractivity contribution in [1.29, 1.82) is 0 Å². The van der Waals surface area contributed by atoms with E-state index in [0.717, 1.165) is 28.7 Å². The van der Waals surface area contributed by atoms with Gasteiger partial charge >= 0.3 is 18.1 Å². The minimum atomic E-state index is -5.19. The zero-order valence-electron chi connectivity index (χ0n) is 16.4. The van der Waals surface area contributed by atoms with E-state index in [0.29, 0.717) is 18.9 Å². The molecule has 3 rings (SSSR count). The van der Waals surface area contributed by atoms with Gasteiger partial charge in [-0.05, 0) is 42.7 Å². The first-order valence-corrected chi connectivity index (χ1v) is 9.52. The van der Waals surface area contributed by atoms with E-state index in [-0.39, 0.29) is 12.8 Å². The average molecular weight is 435 g/mol. The van der Waals surface area contributed by atoms with Crippen LogP contribution in [0.25, 0.3) is 10.9 Å². The zero-order chi connectivity index (χ0) is 22.3. The van der Waals surface area contributed by atoms with Crippen LogP contribution in [0.15, 0.2) is 48.8 Å². The lowest BCUT2D eigenvalue weighted by molar-refractivity contribution is -0.201. The van der Waals surface area contributed by atoms with E-state index < -0.39 is 18.1 Å². The number of anilines is 1. The van der Waals surface area contributed by atoms with Gasteiger partial charge in [-0.3, -0.25) is 4.79 Å². The van der Waals surface area contributed by atoms with Crippen molar-refractivity contribution >= 4 is 28.7 Å². The number of carbonyl (C=O) groups is 2. The Morgan fingerprint density at radius 3 is 2.74 bits per heavy atom. The van der Waals surface area contributed by atoms with Gasteiger partial charge in [-0.25, -0.2) is 9.78 Å². The predicted octanol–water partition coefficient (Wildman–Crippen LogP) is 4.01. The summed E-state index contributed by atoms with van der Waals surface area (Å²) in [5.41, 5.74) is 1.48. The first-order chi connectivity index (χ1) is 14.8. The van der Waals surface area contributed by atoms with Gasteiger partial charge < -0.3 is 19.8 Å². The van der Waals surface area contributed by atoms with E-state index >= 15 is 0 Å². The number of nitrogens with one attached hydrogen (secondary N) is 2. The Balaban J connectivity index is 1.46. The molecule has 31 heavy (non-hydrogen) atoms. The molecule has 1 aromatic carbocycles. The highest BCUT2D eigenvalue weighted by atomic mass is 19.4. The summed E-state index contributed by atoms with van der Waals surface area (Å²) in [7, 11) is 0. The Morgan fingerprint density at radius 2 is 2.00 bits per heavy atom. The van der Waals surface area contributed by atoms with Crippen LogP contribution in [0, 0.1) is 0 Å². The van der Waals surface area contributed by atoms with Crippen LogP contribution in [-0.4, -0.2) is 41.2 Å². The number of pyridine rings is 1. The Morgan fingerprint density at radius 1 is 1.16 bits per heavy atom. The van der Waals surface area contributed by atoms with E-state index in [2.05, 4.69) is 20.0 Å². The molecule has 0 unspecified atom stereocenters. The van der Waals surface area contributed by atoms with E-state index in [1.54, 1.807) is 30.6 Å². The molecule has 0 amide bonds. The Hall–Kier alpha value is -3.56. The Kier molecular flexibility index (Phi) is 7.11. The normalized spacial score (nSPS) is 11.3. The van der Waals surface area contributed by atoms with E-state index in [9.17, 15) is 22.8 Å². The highest BCUT2D eigenvalue weighted by molar-refractivity contribution is 5.89. The molecule has 0 saturated heterocycles. The maximum absolute atomic E-state index is 12.1. The number of hydrogen-bond acceptors (Lipinski definition) is 6. The van der Waals surface area contributed by atoms with Gasteiger partial charge in [-0.2, -0.15) is 13.2 Å². The standard InChI is InChI=1S/C21H20F3N3O4/c22-21(23,24)20(29)31-19(28)8-5-14-13-27-17-12-15(6-7-16(14)17)30-11-3-10-26-18-4-1-2-9-25-18/h1-2,4,6-7,9,12-13,27H,3,5,8,10-11H2,(H,25,26). The molecule has 10 heteroatoms. The first-order valence-electron chi connectivity index (χ1n) is 9.52. The number of rotatable bonds is 9. The van der Waals surface area contributed by atoms with Crippen molar-refractivity contribution in [2.75, 3.05) is 18.5 Å². The van der Waals surface area contributed by atoms with Gasteiger partial charge in [0.15, 0.2) is 0 Å². The fourth-order valence-corrected chi connectivity index (χ4v) is 2.86. The molecular formula is C21H20F3N3O4. The van der Waals surface area contributed by atoms with Crippen molar-refractivity contribution < 1.29 is 32.2 Å². The van der Waals surface area contributed by atoms with Crippen molar-refractivity contribution in [3.8, 4) is 5.75 Å². The molecule has 0 aliphatic heterocycles. The second kappa shape index (κ2) is 9.96. The van der Waals surface area contributed by atoms with Crippen molar-refractivity contribution in [3.05, 3.63) is 54.4 Å². The lowest BCUT2D eigenvalue weighted by Crippen LogP contribution is -2.28. The van der Waals surface area contributed by atoms with Crippen LogP contribution >= 0.6 is 0 Å². The summed E-state index contributed by atoms with van der Waals surface area (Å²) < 4.78 is 45.9. The molecule has 2 N–H and O–H groups in total. The molecule has 7 nitrogen and oxygen atoms in total. The van der Waals surface area contributed by atoms with Crippen LogP contribution in [0.4, 0.5) is 19.0 Å². The Labute approximate surface area is 175 Å². The van der Waals surface area contributed by atoms with E-state index in [1.807, 2.05) is 18.2 Å². The minimum absolute atomic E-state index is 0.128. The topological polar surface area (TPSA) is 93.3 Å². The van der Waals surface area contributed by atoms with Gasteiger partial charge in [-0.15, -0.1) is 0 Å². The maximum atomic E-state index is 12.1. The highest BCUT2D eigenvalue weighted by Gasteiger charge is 2.42. The number of aryl methyl sites for hydroxylation is 1. The third-order valence-electron chi connectivity index (χ3n) is 4.34. The second-order valence-electron chi connectivity index (χ2n) is 6.62. The fraction of sp³-hybridized carbons (Fsp3) is 0.286. The molecule has 3 aromatic rings. The molecule has 0 spiro atoms. The van der Waals surface area contributed by atoms with Gasteiger partial charge in [0.2, 0.25) is 0 Å². The van der Waals surface area contributed by atoms with Gasteiger partial charge in [0.1, 0.15) is 11.6 Å². The number of H-pyrrole nitrogens is 1. The van der Waals surface area contributed by atoms with Crippen molar-refractivity contribution in [1.82, 2.24) is 9.97 Å². The number of halogens is 3. The largest absolute Gasteiger partial charge is 0.493 e. The molecule has 164 valence electrons. The van der Waals surface area contributed by atoms with Crippen molar-refractivity contribution in [2.45, 2.75) is 25.4 Å². The summed E-state index contributed by atoms with van der Waals surface area (Å²) >= 11 is 0. The number of ether oxygens (including phenoxy) is 2. The third kappa shape index (κ3) is 6.46. The quantitative estimate of drug-likeness (QED) is 0.300. The number of nitrogens with zero attached hydrogens (tertiary/aromatic N) is 1. The number of hydrogen-bond donors (Lipinski definition) is 2. The van der Waals surface area contributed by atoms with Gasteiger partial charge in [-0.1, -0.05) is 6.07 Å². The fourth-order valence-electron chi connectivity index (χ4n) is 2.86. The first kappa shape index (κ1) is 22.1. The van der Waals surface area contributed by atoms with Crippen LogP contribution in [-0.2, 0) is 20.7 Å². The van der Waals surface area contributed by atoms with Crippen LogP contribution in [0.1, 0.15) is 18.4 Å². The lowest BCUT2D eigenvalue weighted by Gasteiger charge is -2.08. The minimum Gasteiger partial charge on any atom is -0.493 e. The third-order valence-corrected chi connectivity index (χ3v) is 4.34. The van der Waals surface area contributed by atoms with E-state index in [1.165, 1.54) is 0 Å². The summed E-state index contributed by atoms with van der Waals surface area (Å²) in [5, 5.41) is 3.99. The van der Waals surface area contributed by atoms with Gasteiger partial charge in [0, 0.05) is 35.9 Å². The van der Waals surface area contributed by atoms with Crippen molar-refractivity contribution in [2.24, 2.45) is 0 Å². The molecule has 0 radical (unpaired) electrons. The highest BCUT2D eigenvalue weighted by Crippen LogP contribution is 2.25. The molecule has 2 aromatic heterocycles. The van der Waals surface area contributed by atoms with E-state index in [4.69, 9.17) is 4.74 Å². The number of fused-ring (bicyclic) bond motifs is 1. The summed E-state index contributed by atoms with van der Waals surface area (Å²) in [4.78, 5) is 29.4. The number of alkyl halides is 3. The summed E-state index contributed by atoms with van der Waals surface area (Å²) in [6.45, 7) is 1.21. The summed E-state index contributed by atoms with van der Waals surface area (Å²) in [6.07, 6.45) is -1.28. The monoisotopic (exact) mass is 435 g/mol. The number of carbonyl (C=O) groups excluding carboxylic acids is 2. The average Bonchev–Trinajstić information content (AvgIpc) is 3.14. The molecule has 0 atom stereocenters.